The van der Waals surface area contributed by atoms with Crippen LogP contribution in [0.4, 0.5) is 0 Å². The second-order valence-electron chi connectivity index (χ2n) is 12.9. The van der Waals surface area contributed by atoms with Gasteiger partial charge in [-0.05, 0) is 55.8 Å². The first-order chi connectivity index (χ1) is 26.7. The molecule has 0 unspecified atom stereocenters. The summed E-state index contributed by atoms with van der Waals surface area (Å²) in [6.07, 6.45) is 2.27. The van der Waals surface area contributed by atoms with Gasteiger partial charge in [0.05, 0.1) is 28.9 Å². The summed E-state index contributed by atoms with van der Waals surface area (Å²) in [5.41, 5.74) is -1.27. The summed E-state index contributed by atoms with van der Waals surface area (Å²) >= 11 is 0. The Morgan fingerprint density at radius 1 is 0.709 bits per heavy atom. The summed E-state index contributed by atoms with van der Waals surface area (Å²) in [6, 6.07) is 24.0. The normalized spacial score (nSPS) is 17.8. The van der Waals surface area contributed by atoms with E-state index in [9.17, 15) is 28.8 Å². The molecule has 1 aromatic heterocycles. The molecular formula is C42H44N2O11. The number of nitrogens with one attached hydrogen (secondary N) is 1. The third-order valence-electron chi connectivity index (χ3n) is 8.93. The number of carbonyl (C=O) groups is 4. The Morgan fingerprint density at radius 2 is 1.24 bits per heavy atom. The molecule has 3 aromatic carbocycles. The number of aromatic amines is 1. The molecule has 13 nitrogen and oxygen atoms in total. The smallest absolute Gasteiger partial charge is 0.338 e. The number of ether oxygens (including phenoxy) is 5. The van der Waals surface area contributed by atoms with Gasteiger partial charge in [-0.3, -0.25) is 4.79 Å². The first kappa shape index (κ1) is 40.1. The number of rotatable bonds is 17. The van der Waals surface area contributed by atoms with Crippen LogP contribution in [0.1, 0.15) is 94.0 Å². The van der Waals surface area contributed by atoms with Crippen LogP contribution in [-0.2, 0) is 28.5 Å². The van der Waals surface area contributed by atoms with Gasteiger partial charge in [0.2, 0.25) is 0 Å². The molecule has 0 radical (unpaired) electrons. The molecule has 288 valence electrons. The van der Waals surface area contributed by atoms with E-state index in [0.29, 0.717) is 11.0 Å². The lowest BCUT2D eigenvalue weighted by atomic mass is 10.1. The number of hydrogen-bond acceptors (Lipinski definition) is 11. The molecule has 0 saturated carbocycles. The predicted octanol–water partition coefficient (Wildman–Crippen LogP) is 5.97. The van der Waals surface area contributed by atoms with Crippen LogP contribution in [0, 0.1) is 6.92 Å². The highest BCUT2D eigenvalue weighted by atomic mass is 16.7. The third kappa shape index (κ3) is 10.8. The van der Waals surface area contributed by atoms with Gasteiger partial charge in [-0.15, -0.1) is 0 Å². The fourth-order valence-electron chi connectivity index (χ4n) is 6.02. The zero-order chi connectivity index (χ0) is 39.2. The zero-order valence-corrected chi connectivity index (χ0v) is 30.7. The summed E-state index contributed by atoms with van der Waals surface area (Å²) in [5.74, 6) is -3.10. The SMILES string of the molecule is CCCCCCCCOC(=O)/C=C/c1c(C)[nH]c(=O)n([C@H]2O[C@@H](COC(=O)c3ccccc3)[C@@H](OC(=O)c3ccccc3)[C@@H]2OC(=O)c2ccccc2)c1=O. The van der Waals surface area contributed by atoms with Gasteiger partial charge < -0.3 is 28.7 Å². The quantitative estimate of drug-likeness (QED) is 0.0584. The highest BCUT2D eigenvalue weighted by Gasteiger charge is 2.52. The van der Waals surface area contributed by atoms with E-state index in [1.165, 1.54) is 37.3 Å². The number of H-pyrrole nitrogens is 1. The lowest BCUT2D eigenvalue weighted by molar-refractivity contribution is -0.137. The molecule has 1 N–H and O–H groups in total. The molecule has 13 heteroatoms. The second-order valence-corrected chi connectivity index (χ2v) is 12.9. The minimum absolute atomic E-state index is 0.0790. The Hall–Kier alpha value is -6.08. The van der Waals surface area contributed by atoms with Crippen LogP contribution >= 0.6 is 0 Å². The Bertz CT molecular complexity index is 2060. The van der Waals surface area contributed by atoms with Gasteiger partial charge in [0.15, 0.2) is 18.4 Å². The Labute approximate surface area is 317 Å². The van der Waals surface area contributed by atoms with Crippen LogP contribution in [0.25, 0.3) is 6.08 Å². The van der Waals surface area contributed by atoms with Crippen LogP contribution < -0.4 is 11.2 Å². The third-order valence-corrected chi connectivity index (χ3v) is 8.93. The number of nitrogens with zero attached hydrogens (tertiary/aromatic N) is 1. The molecule has 4 atom stereocenters. The highest BCUT2D eigenvalue weighted by molar-refractivity contribution is 5.91. The van der Waals surface area contributed by atoms with Gasteiger partial charge in [0, 0.05) is 11.8 Å². The summed E-state index contributed by atoms with van der Waals surface area (Å²) in [5, 5.41) is 0. The van der Waals surface area contributed by atoms with Crippen molar-refractivity contribution in [1.29, 1.82) is 0 Å². The van der Waals surface area contributed by atoms with E-state index in [1.807, 2.05) is 0 Å². The lowest BCUT2D eigenvalue weighted by Crippen LogP contribution is -2.46. The number of unbranched alkanes of at least 4 members (excludes halogenated alkanes) is 5. The summed E-state index contributed by atoms with van der Waals surface area (Å²) in [6.45, 7) is 3.31. The van der Waals surface area contributed by atoms with Gasteiger partial charge >= 0.3 is 29.6 Å². The van der Waals surface area contributed by atoms with Crippen molar-refractivity contribution < 1.29 is 42.9 Å². The van der Waals surface area contributed by atoms with E-state index < -0.39 is 66.3 Å². The first-order valence-electron chi connectivity index (χ1n) is 18.3. The Balaban J connectivity index is 1.48. The molecule has 1 fully saturated rings. The average Bonchev–Trinajstić information content (AvgIpc) is 3.52. The van der Waals surface area contributed by atoms with E-state index in [-0.39, 0.29) is 34.6 Å². The van der Waals surface area contributed by atoms with Gasteiger partial charge in [-0.1, -0.05) is 93.6 Å². The number of aromatic nitrogens is 2. The van der Waals surface area contributed by atoms with Crippen molar-refractivity contribution in [2.45, 2.75) is 76.9 Å². The molecule has 4 aromatic rings. The van der Waals surface area contributed by atoms with Crippen LogP contribution in [0.15, 0.2) is 107 Å². The Kier molecular flexibility index (Phi) is 14.5. The predicted molar refractivity (Wildman–Crippen MR) is 201 cm³/mol. The molecule has 0 aliphatic carbocycles. The molecule has 55 heavy (non-hydrogen) atoms. The fraction of sp³-hybridized carbons (Fsp3) is 0.333. The van der Waals surface area contributed by atoms with Crippen molar-refractivity contribution in [3.63, 3.8) is 0 Å². The fourth-order valence-corrected chi connectivity index (χ4v) is 6.02. The molecule has 1 saturated heterocycles. The number of aryl methyl sites for hydroxylation is 1. The summed E-state index contributed by atoms with van der Waals surface area (Å²) in [4.78, 5) is 82.9. The van der Waals surface area contributed by atoms with E-state index in [0.717, 1.165) is 38.2 Å². The van der Waals surface area contributed by atoms with Crippen LogP contribution in [0.2, 0.25) is 0 Å². The van der Waals surface area contributed by atoms with Crippen LogP contribution in [0.5, 0.6) is 0 Å². The minimum atomic E-state index is -1.69. The molecule has 5 rings (SSSR count). The van der Waals surface area contributed by atoms with Gasteiger partial charge in [-0.25, -0.2) is 28.5 Å². The second kappa shape index (κ2) is 19.8. The molecule has 0 bridgehead atoms. The molecule has 1 aliphatic heterocycles. The van der Waals surface area contributed by atoms with E-state index in [4.69, 9.17) is 23.7 Å². The van der Waals surface area contributed by atoms with Gasteiger partial charge in [0.25, 0.3) is 5.56 Å². The van der Waals surface area contributed by atoms with Crippen molar-refractivity contribution in [2.75, 3.05) is 13.2 Å². The standard InChI is InChI=1S/C42H44N2O11/c1-3-4-5-6-7-17-26-51-34(45)25-24-32-28(2)43-42(50)44(37(32)46)38-36(55-41(49)31-22-15-10-16-23-31)35(54-40(48)30-20-13-9-14-21-30)33(53-38)27-52-39(47)29-18-11-8-12-19-29/h8-16,18-25,33,35-36,38H,3-7,17,26-27H2,1-2H3,(H,43,50)/b25-24+/t33-,35+,36-,38-/m0/s1. The average molecular weight is 753 g/mol. The minimum Gasteiger partial charge on any atom is -0.463 e. The van der Waals surface area contributed by atoms with Crippen LogP contribution in [-0.4, -0.2) is 65.0 Å². The van der Waals surface area contributed by atoms with Crippen molar-refractivity contribution in [2.24, 2.45) is 0 Å². The number of benzene rings is 3. The number of hydrogen-bond donors (Lipinski definition) is 1. The van der Waals surface area contributed by atoms with E-state index in [1.54, 1.807) is 66.7 Å². The molecule has 2 heterocycles. The largest absolute Gasteiger partial charge is 0.463 e. The van der Waals surface area contributed by atoms with Crippen molar-refractivity contribution in [3.05, 3.63) is 146 Å². The summed E-state index contributed by atoms with van der Waals surface area (Å²) < 4.78 is 29.6. The van der Waals surface area contributed by atoms with Crippen molar-refractivity contribution >= 4 is 30.0 Å². The van der Waals surface area contributed by atoms with Crippen LogP contribution in [0.3, 0.4) is 0 Å². The maximum absolute atomic E-state index is 14.1. The van der Waals surface area contributed by atoms with Gasteiger partial charge in [-0.2, -0.15) is 0 Å². The zero-order valence-electron chi connectivity index (χ0n) is 30.7. The van der Waals surface area contributed by atoms with Crippen molar-refractivity contribution in [3.8, 4) is 0 Å². The highest BCUT2D eigenvalue weighted by Crippen LogP contribution is 2.34. The maximum atomic E-state index is 14.1. The number of esters is 4. The molecular weight excluding hydrogens is 708 g/mol. The van der Waals surface area contributed by atoms with Gasteiger partial charge in [0.1, 0.15) is 12.7 Å². The lowest BCUT2D eigenvalue weighted by Gasteiger charge is -2.25. The number of carbonyl (C=O) groups excluding carboxylic acids is 4. The first-order valence-corrected chi connectivity index (χ1v) is 18.3. The summed E-state index contributed by atoms with van der Waals surface area (Å²) in [7, 11) is 0. The molecule has 1 aliphatic rings. The van der Waals surface area contributed by atoms with Crippen molar-refractivity contribution in [1.82, 2.24) is 9.55 Å². The monoisotopic (exact) mass is 752 g/mol. The molecule has 0 amide bonds. The van der Waals surface area contributed by atoms with E-state index in [2.05, 4.69) is 11.9 Å². The Morgan fingerprint density at radius 3 is 1.82 bits per heavy atom. The van der Waals surface area contributed by atoms with E-state index >= 15 is 0 Å². The topological polar surface area (TPSA) is 169 Å². The molecule has 0 spiro atoms. The maximum Gasteiger partial charge on any atom is 0.338 e.